The number of benzene rings is 1. The van der Waals surface area contributed by atoms with Crippen molar-refractivity contribution in [2.75, 3.05) is 6.61 Å². The average molecular weight is 522 g/mol. The van der Waals surface area contributed by atoms with Crippen LogP contribution in [0.3, 0.4) is 0 Å². The molecule has 1 aromatic rings. The Balaban J connectivity index is 3.49. The minimum Gasteiger partial charge on any atom is -0.480 e. The second kappa shape index (κ2) is 14.1. The fourth-order valence-electron chi connectivity index (χ4n) is 3.37. The molecular weight excluding hydrogens is 478 g/mol. The Bertz CT molecular complexity index is 956. The largest absolute Gasteiger partial charge is 0.480 e. The predicted octanol–water partition coefficient (Wildman–Crippen LogP) is 4.41. The van der Waals surface area contributed by atoms with Gasteiger partial charge in [-0.2, -0.15) is 0 Å². The van der Waals surface area contributed by atoms with E-state index in [-0.39, 0.29) is 35.9 Å². The van der Waals surface area contributed by atoms with E-state index in [1.165, 1.54) is 12.1 Å². The van der Waals surface area contributed by atoms with Crippen molar-refractivity contribution >= 4 is 23.9 Å². The number of hydrogen-bond donors (Lipinski definition) is 2. The second-order valence-electron chi connectivity index (χ2n) is 10.8. The molecule has 0 radical (unpaired) electrons. The molecule has 0 fully saturated rings. The van der Waals surface area contributed by atoms with Crippen molar-refractivity contribution in [1.29, 1.82) is 0 Å². The molecule has 0 saturated heterocycles. The van der Waals surface area contributed by atoms with Gasteiger partial charge in [0.15, 0.2) is 11.5 Å². The maximum absolute atomic E-state index is 12.8. The summed E-state index contributed by atoms with van der Waals surface area (Å²) in [7, 11) is 0. The highest BCUT2D eigenvalue weighted by Crippen LogP contribution is 2.37. The van der Waals surface area contributed by atoms with E-state index in [1.807, 2.05) is 27.7 Å². The zero-order valence-corrected chi connectivity index (χ0v) is 23.4. The Morgan fingerprint density at radius 3 is 1.70 bits per heavy atom. The van der Waals surface area contributed by atoms with Crippen molar-refractivity contribution in [2.24, 2.45) is 41.2 Å². The monoisotopic (exact) mass is 521 g/mol. The summed E-state index contributed by atoms with van der Waals surface area (Å²) in [6.07, 6.45) is 0. The highest BCUT2D eigenvalue weighted by molar-refractivity contribution is 5.79. The molecule has 0 aliphatic carbocycles. The highest BCUT2D eigenvalue weighted by Gasteiger charge is 2.33. The maximum Gasteiger partial charge on any atom is 0.321 e. The first-order chi connectivity index (χ1) is 17.1. The van der Waals surface area contributed by atoms with Gasteiger partial charge in [-0.1, -0.05) is 68.4 Å². The molecule has 3 N–H and O–H groups in total. The van der Waals surface area contributed by atoms with Crippen LogP contribution in [0.1, 0.15) is 73.8 Å². The molecule has 9 nitrogen and oxygen atoms in total. The lowest BCUT2D eigenvalue weighted by Gasteiger charge is -2.28. The lowest BCUT2D eigenvalue weighted by molar-refractivity contribution is -0.149. The van der Waals surface area contributed by atoms with Gasteiger partial charge in [-0.15, -0.1) is 0 Å². The lowest BCUT2D eigenvalue weighted by Crippen LogP contribution is -2.40. The van der Waals surface area contributed by atoms with Gasteiger partial charge in [-0.05, 0) is 35.4 Å². The molecular formula is C28H43NO8. The summed E-state index contributed by atoms with van der Waals surface area (Å²) in [5, 5.41) is 9.68. The van der Waals surface area contributed by atoms with Gasteiger partial charge in [0.1, 0.15) is 6.04 Å². The molecule has 0 spiro atoms. The summed E-state index contributed by atoms with van der Waals surface area (Å²) in [5.74, 6) is -5.02. The number of rotatable bonds is 13. The van der Waals surface area contributed by atoms with Gasteiger partial charge in [0.25, 0.3) is 0 Å². The molecule has 208 valence electrons. The zero-order chi connectivity index (χ0) is 28.6. The normalized spacial score (nSPS) is 15.6. The van der Waals surface area contributed by atoms with Gasteiger partial charge < -0.3 is 25.1 Å². The SMILES string of the molecule is CC(C)C(=O)OCC(C)C(c1ccc(OC(=O)C(C)C(C)C)c(OC(=O)C(C)C(C)C)c1)[C@H](N)C(=O)O. The zero-order valence-electron chi connectivity index (χ0n) is 23.4. The van der Waals surface area contributed by atoms with E-state index < -0.39 is 53.6 Å². The van der Waals surface area contributed by atoms with Crippen molar-refractivity contribution < 1.29 is 38.5 Å². The van der Waals surface area contributed by atoms with E-state index in [0.717, 1.165) is 0 Å². The molecule has 9 heteroatoms. The smallest absolute Gasteiger partial charge is 0.321 e. The molecule has 0 amide bonds. The minimum atomic E-state index is -1.33. The third-order valence-corrected chi connectivity index (χ3v) is 6.76. The van der Waals surface area contributed by atoms with Crippen molar-refractivity contribution in [3.8, 4) is 11.5 Å². The van der Waals surface area contributed by atoms with Crippen LogP contribution in [-0.4, -0.2) is 41.6 Å². The first-order valence-corrected chi connectivity index (χ1v) is 12.8. The quantitative estimate of drug-likeness (QED) is 0.285. The predicted molar refractivity (Wildman–Crippen MR) is 139 cm³/mol. The number of hydrogen-bond acceptors (Lipinski definition) is 8. The Morgan fingerprint density at radius 2 is 1.27 bits per heavy atom. The number of carbonyl (C=O) groups is 4. The Kier molecular flexibility index (Phi) is 12.2. The minimum absolute atomic E-state index is 0.00601. The molecule has 37 heavy (non-hydrogen) atoms. The van der Waals surface area contributed by atoms with E-state index in [0.29, 0.717) is 5.56 Å². The molecule has 0 aromatic heterocycles. The third-order valence-electron chi connectivity index (χ3n) is 6.76. The van der Waals surface area contributed by atoms with Gasteiger partial charge in [-0.3, -0.25) is 19.2 Å². The maximum atomic E-state index is 12.8. The van der Waals surface area contributed by atoms with Crippen molar-refractivity contribution in [3.63, 3.8) is 0 Å². The van der Waals surface area contributed by atoms with Crippen molar-refractivity contribution in [3.05, 3.63) is 23.8 Å². The van der Waals surface area contributed by atoms with Crippen LogP contribution in [0.5, 0.6) is 11.5 Å². The van der Waals surface area contributed by atoms with Crippen LogP contribution < -0.4 is 15.2 Å². The Hall–Kier alpha value is -2.94. The summed E-state index contributed by atoms with van der Waals surface area (Å²) in [4.78, 5) is 49.3. The lowest BCUT2D eigenvalue weighted by atomic mass is 9.82. The topological polar surface area (TPSA) is 142 Å². The fraction of sp³-hybridized carbons (Fsp3) is 0.643. The highest BCUT2D eigenvalue weighted by atomic mass is 16.6. The van der Waals surface area contributed by atoms with Crippen LogP contribution in [0.25, 0.3) is 0 Å². The summed E-state index contributed by atoms with van der Waals surface area (Å²) in [6, 6.07) is 3.19. The molecule has 5 atom stereocenters. The van der Waals surface area contributed by atoms with E-state index in [4.69, 9.17) is 19.9 Å². The first kappa shape index (κ1) is 32.1. The summed E-state index contributed by atoms with van der Waals surface area (Å²) >= 11 is 0. The Morgan fingerprint density at radius 1 is 0.784 bits per heavy atom. The summed E-state index contributed by atoms with van der Waals surface area (Å²) in [6.45, 7) is 16.1. The number of carbonyl (C=O) groups excluding carboxylic acids is 3. The molecule has 1 aromatic carbocycles. The summed E-state index contributed by atoms with van der Waals surface area (Å²) in [5.41, 5.74) is 6.50. The third kappa shape index (κ3) is 9.14. The average Bonchev–Trinajstić information content (AvgIpc) is 2.82. The van der Waals surface area contributed by atoms with Gasteiger partial charge in [-0.25, -0.2) is 0 Å². The molecule has 0 heterocycles. The van der Waals surface area contributed by atoms with E-state index >= 15 is 0 Å². The molecule has 0 aliphatic rings. The number of ether oxygens (including phenoxy) is 3. The van der Waals surface area contributed by atoms with Crippen molar-refractivity contribution in [1.82, 2.24) is 0 Å². The van der Waals surface area contributed by atoms with E-state index in [2.05, 4.69) is 0 Å². The van der Waals surface area contributed by atoms with E-state index in [1.54, 1.807) is 40.7 Å². The van der Waals surface area contributed by atoms with Crippen LogP contribution in [0.2, 0.25) is 0 Å². The van der Waals surface area contributed by atoms with Crippen LogP contribution in [0, 0.1) is 35.5 Å². The van der Waals surface area contributed by atoms with Gasteiger partial charge >= 0.3 is 23.9 Å². The molecule has 4 unspecified atom stereocenters. The van der Waals surface area contributed by atoms with Gasteiger partial charge in [0.05, 0.1) is 24.4 Å². The van der Waals surface area contributed by atoms with Crippen LogP contribution >= 0.6 is 0 Å². The number of nitrogens with two attached hydrogens (primary N) is 1. The molecule has 0 aliphatic heterocycles. The summed E-state index contributed by atoms with van der Waals surface area (Å²) < 4.78 is 16.6. The second-order valence-corrected chi connectivity index (χ2v) is 10.8. The molecule has 0 saturated carbocycles. The molecule has 0 bridgehead atoms. The number of carboxylic acids is 1. The standard InChI is InChI=1S/C28H43NO8/c1-14(2)18(8)27(33)36-21-11-10-20(12-22(21)37-28(34)19(9)15(3)4)23(24(29)25(30)31)17(7)13-35-26(32)16(5)6/h10-12,14-19,23-24H,13,29H2,1-9H3,(H,30,31)/t17?,18?,19?,23?,24-/m0/s1. The number of esters is 3. The van der Waals surface area contributed by atoms with Crippen LogP contribution in [-0.2, 0) is 23.9 Å². The van der Waals surface area contributed by atoms with Crippen LogP contribution in [0.15, 0.2) is 18.2 Å². The number of aliphatic carboxylic acids is 1. The molecule has 1 rings (SSSR count). The van der Waals surface area contributed by atoms with Crippen LogP contribution in [0.4, 0.5) is 0 Å². The van der Waals surface area contributed by atoms with Gasteiger partial charge in [0.2, 0.25) is 0 Å². The first-order valence-electron chi connectivity index (χ1n) is 12.8. The van der Waals surface area contributed by atoms with Gasteiger partial charge in [0, 0.05) is 5.92 Å². The van der Waals surface area contributed by atoms with Crippen molar-refractivity contribution in [2.45, 2.75) is 74.3 Å². The number of carboxylic acid groups (broad SMARTS) is 1. The Labute approximate surface area is 220 Å². The fourth-order valence-corrected chi connectivity index (χ4v) is 3.37. The van der Waals surface area contributed by atoms with E-state index in [9.17, 15) is 24.3 Å².